The Bertz CT molecular complexity index is 2120. The normalized spacial score (nSPS) is 14.6. The van der Waals surface area contributed by atoms with Crippen LogP contribution in [0.25, 0.3) is 0 Å². The summed E-state index contributed by atoms with van der Waals surface area (Å²) in [5.74, 6) is 1.19. The van der Waals surface area contributed by atoms with Crippen LogP contribution in [0.3, 0.4) is 0 Å². The number of phosphoric acid groups is 2. The fourth-order valence-corrected chi connectivity index (χ4v) is 15.5. The number of carbonyl (C=O) groups excluding carboxylic acids is 4. The summed E-state index contributed by atoms with van der Waals surface area (Å²) >= 11 is 0. The van der Waals surface area contributed by atoms with Gasteiger partial charge in [-0.15, -0.1) is 0 Å². The highest BCUT2D eigenvalue weighted by molar-refractivity contribution is 7.47. The van der Waals surface area contributed by atoms with Gasteiger partial charge < -0.3 is 33.8 Å². The van der Waals surface area contributed by atoms with Crippen LogP contribution < -0.4 is 0 Å². The number of phosphoric ester groups is 2. The lowest BCUT2D eigenvalue weighted by Gasteiger charge is -2.21. The van der Waals surface area contributed by atoms with Crippen molar-refractivity contribution >= 4 is 39.5 Å². The number of rotatable bonds is 87. The van der Waals surface area contributed by atoms with Gasteiger partial charge in [0.25, 0.3) is 0 Å². The van der Waals surface area contributed by atoms with E-state index in [1.54, 1.807) is 0 Å². The SMILES string of the molecule is CCC(C)CCCCCCCCCCCCCCCCC(=O)OC[C@H](COP(=O)(O)OC[C@@H](O)COP(=O)(O)OC[C@@H](COC(=O)CCCCCCCCCCC(C)CC)OC(=O)CCCCCCCCCCCCCCCCC(C)CC)OC(=O)CCCCCCCCCCCCCCCCCCCCC(C)C. The summed E-state index contributed by atoms with van der Waals surface area (Å²) in [6, 6.07) is 0. The zero-order chi connectivity index (χ0) is 80.2. The number of unbranched alkanes of at least 4 members (excludes halogenated alkanes) is 50. The van der Waals surface area contributed by atoms with Crippen LogP contribution in [-0.2, 0) is 65.4 Å². The fourth-order valence-electron chi connectivity index (χ4n) is 13.9. The van der Waals surface area contributed by atoms with Gasteiger partial charge in [-0.3, -0.25) is 37.3 Å². The van der Waals surface area contributed by atoms with Crippen molar-refractivity contribution in [3.63, 3.8) is 0 Å². The van der Waals surface area contributed by atoms with Crippen LogP contribution in [0.4, 0.5) is 0 Å². The Hall–Kier alpha value is -1.94. The molecule has 648 valence electrons. The first kappa shape index (κ1) is 107. The Balaban J connectivity index is 5.27. The van der Waals surface area contributed by atoms with Gasteiger partial charge in [0.05, 0.1) is 26.4 Å². The van der Waals surface area contributed by atoms with Gasteiger partial charge in [0.1, 0.15) is 19.3 Å². The molecule has 0 saturated heterocycles. The summed E-state index contributed by atoms with van der Waals surface area (Å²) in [5, 5.41) is 10.7. The van der Waals surface area contributed by atoms with Gasteiger partial charge in [0.15, 0.2) is 12.2 Å². The Labute approximate surface area is 670 Å². The lowest BCUT2D eigenvalue weighted by molar-refractivity contribution is -0.161. The van der Waals surface area contributed by atoms with E-state index < -0.39 is 97.5 Å². The van der Waals surface area contributed by atoms with E-state index in [0.717, 1.165) is 114 Å². The second-order valence-electron chi connectivity index (χ2n) is 33.5. The Morgan fingerprint density at radius 3 is 0.651 bits per heavy atom. The molecule has 0 saturated carbocycles. The van der Waals surface area contributed by atoms with Gasteiger partial charge in [-0.25, -0.2) is 9.13 Å². The molecule has 0 rings (SSSR count). The van der Waals surface area contributed by atoms with E-state index in [1.165, 1.54) is 276 Å². The summed E-state index contributed by atoms with van der Waals surface area (Å²) in [4.78, 5) is 73.4. The number of aliphatic hydroxyl groups excluding tert-OH is 1. The van der Waals surface area contributed by atoms with Crippen molar-refractivity contribution in [2.24, 2.45) is 23.7 Å². The molecule has 0 radical (unpaired) electrons. The van der Waals surface area contributed by atoms with E-state index in [4.69, 9.17) is 37.0 Å². The molecule has 5 unspecified atom stereocenters. The lowest BCUT2D eigenvalue weighted by Crippen LogP contribution is -2.30. The van der Waals surface area contributed by atoms with Crippen molar-refractivity contribution < 1.29 is 80.2 Å². The van der Waals surface area contributed by atoms with Gasteiger partial charge in [0, 0.05) is 25.7 Å². The average Bonchev–Trinajstić information content (AvgIpc) is 0.903. The van der Waals surface area contributed by atoms with Crippen LogP contribution >= 0.6 is 15.6 Å². The third-order valence-electron chi connectivity index (χ3n) is 22.2. The van der Waals surface area contributed by atoms with Crippen molar-refractivity contribution in [1.29, 1.82) is 0 Å². The van der Waals surface area contributed by atoms with Gasteiger partial charge in [0.2, 0.25) is 0 Å². The zero-order valence-corrected chi connectivity index (χ0v) is 74.0. The molecular formula is C90H176O17P2. The average molecular weight is 1590 g/mol. The standard InChI is InChI=1S/C90H176O17P2/c1-9-81(6)67-59-51-43-35-29-23-18-20-25-31-37-46-54-62-70-87(92)100-76-85(106-89(94)72-64-56-48-38-32-26-17-15-13-12-14-16-22-28-34-42-50-58-66-80(4)5)78-104-108(96,97)102-74-84(91)75-103-109(98,99)105-79-86(77-101-88(93)71-63-55-47-41-40-45-53-61-69-83(8)11-3)107-90(95)73-65-57-49-39-33-27-21-19-24-30-36-44-52-60-68-82(7)10-2/h80-86,91H,9-79H2,1-8H3,(H,96,97)(H,98,99)/t81?,82?,83?,84-,85-,86-/m1/s1. The van der Waals surface area contributed by atoms with Crippen molar-refractivity contribution in [3.8, 4) is 0 Å². The molecule has 0 aromatic carbocycles. The summed E-state index contributed by atoms with van der Waals surface area (Å²) < 4.78 is 69.1. The second kappa shape index (κ2) is 78.6. The fraction of sp³-hybridized carbons (Fsp3) is 0.956. The monoisotopic (exact) mass is 1590 g/mol. The first-order chi connectivity index (χ1) is 52.7. The van der Waals surface area contributed by atoms with Gasteiger partial charge in [-0.1, -0.05) is 421 Å². The summed E-state index contributed by atoms with van der Waals surface area (Å²) in [7, 11) is -9.94. The smallest absolute Gasteiger partial charge is 0.462 e. The third kappa shape index (κ3) is 79.7. The third-order valence-corrected chi connectivity index (χ3v) is 24.1. The number of hydrogen-bond acceptors (Lipinski definition) is 15. The molecule has 19 heteroatoms. The number of hydrogen-bond donors (Lipinski definition) is 3. The molecule has 0 aliphatic heterocycles. The molecule has 0 heterocycles. The minimum absolute atomic E-state index is 0.107. The largest absolute Gasteiger partial charge is 0.472 e. The quantitative estimate of drug-likeness (QED) is 0.0222. The number of aliphatic hydroxyl groups is 1. The maximum absolute atomic E-state index is 13.2. The highest BCUT2D eigenvalue weighted by Crippen LogP contribution is 2.45. The van der Waals surface area contributed by atoms with Crippen LogP contribution in [0.15, 0.2) is 0 Å². The van der Waals surface area contributed by atoms with E-state index in [0.29, 0.717) is 25.7 Å². The van der Waals surface area contributed by atoms with E-state index in [2.05, 4.69) is 55.4 Å². The molecule has 0 amide bonds. The topological polar surface area (TPSA) is 237 Å². The van der Waals surface area contributed by atoms with Gasteiger partial charge in [-0.2, -0.15) is 0 Å². The maximum Gasteiger partial charge on any atom is 0.472 e. The molecule has 0 spiro atoms. The van der Waals surface area contributed by atoms with Crippen LogP contribution in [-0.4, -0.2) is 96.7 Å². The van der Waals surface area contributed by atoms with Crippen LogP contribution in [0, 0.1) is 23.7 Å². The molecule has 0 aliphatic carbocycles. The highest BCUT2D eigenvalue weighted by Gasteiger charge is 2.31. The summed E-state index contributed by atoms with van der Waals surface area (Å²) in [5.41, 5.74) is 0. The highest BCUT2D eigenvalue weighted by atomic mass is 31.2. The molecular weight excluding hydrogens is 1410 g/mol. The first-order valence-corrected chi connectivity index (χ1v) is 49.3. The second-order valence-corrected chi connectivity index (χ2v) is 36.5. The van der Waals surface area contributed by atoms with E-state index in [-0.39, 0.29) is 25.7 Å². The van der Waals surface area contributed by atoms with E-state index >= 15 is 0 Å². The summed E-state index contributed by atoms with van der Waals surface area (Å²) in [6.45, 7) is 14.5. The predicted molar refractivity (Wildman–Crippen MR) is 451 cm³/mol. The molecule has 17 nitrogen and oxygen atoms in total. The summed E-state index contributed by atoms with van der Waals surface area (Å²) in [6.07, 6.45) is 69.2. The first-order valence-electron chi connectivity index (χ1n) is 46.3. The molecule has 0 aromatic rings. The minimum Gasteiger partial charge on any atom is -0.462 e. The Kier molecular flexibility index (Phi) is 77.2. The molecule has 8 atom stereocenters. The van der Waals surface area contributed by atoms with Crippen LogP contribution in [0.1, 0.15) is 473 Å². The molecule has 0 bridgehead atoms. The minimum atomic E-state index is -4.97. The van der Waals surface area contributed by atoms with Crippen molar-refractivity contribution in [3.05, 3.63) is 0 Å². The maximum atomic E-state index is 13.2. The van der Waals surface area contributed by atoms with E-state index in [1.807, 2.05) is 0 Å². The molecule has 0 aliphatic rings. The Morgan fingerprint density at radius 1 is 0.257 bits per heavy atom. The zero-order valence-electron chi connectivity index (χ0n) is 72.2. The Morgan fingerprint density at radius 2 is 0.440 bits per heavy atom. The number of esters is 4. The molecule has 0 aromatic heterocycles. The van der Waals surface area contributed by atoms with Crippen molar-refractivity contribution in [2.45, 2.75) is 491 Å². The number of carbonyl (C=O) groups is 4. The van der Waals surface area contributed by atoms with Gasteiger partial charge >= 0.3 is 39.5 Å². The van der Waals surface area contributed by atoms with E-state index in [9.17, 15) is 43.2 Å². The number of ether oxygens (including phenoxy) is 4. The predicted octanol–water partition coefficient (Wildman–Crippen LogP) is 27.5. The van der Waals surface area contributed by atoms with Crippen molar-refractivity contribution in [2.75, 3.05) is 39.6 Å². The molecule has 0 fully saturated rings. The van der Waals surface area contributed by atoms with Crippen LogP contribution in [0.2, 0.25) is 0 Å². The van der Waals surface area contributed by atoms with Gasteiger partial charge in [-0.05, 0) is 49.4 Å². The van der Waals surface area contributed by atoms with Crippen LogP contribution in [0.5, 0.6) is 0 Å². The lowest BCUT2D eigenvalue weighted by atomic mass is 9.99. The molecule has 109 heavy (non-hydrogen) atoms. The molecule has 3 N–H and O–H groups in total. The van der Waals surface area contributed by atoms with Crippen molar-refractivity contribution in [1.82, 2.24) is 0 Å².